The second-order valence-corrected chi connectivity index (χ2v) is 4.70. The molecule has 16 heavy (non-hydrogen) atoms. The van der Waals surface area contributed by atoms with Crippen LogP contribution in [-0.4, -0.2) is 21.5 Å². The zero-order valence-corrected chi connectivity index (χ0v) is 9.47. The van der Waals surface area contributed by atoms with Gasteiger partial charge in [-0.25, -0.2) is 22.7 Å². The minimum Gasteiger partial charge on any atom is -0.465 e. The zero-order chi connectivity index (χ0) is 12.5. The van der Waals surface area contributed by atoms with Crippen molar-refractivity contribution in [3.05, 3.63) is 29.1 Å². The zero-order valence-electron chi connectivity index (χ0n) is 8.65. The van der Waals surface area contributed by atoms with E-state index < -0.39 is 27.4 Å². The van der Waals surface area contributed by atoms with Gasteiger partial charge in [0.2, 0.25) is 10.0 Å². The van der Waals surface area contributed by atoms with Gasteiger partial charge in [0.25, 0.3) is 0 Å². The highest BCUT2D eigenvalue weighted by Gasteiger charge is 2.19. The van der Waals surface area contributed by atoms with Gasteiger partial charge in [0.15, 0.2) is 0 Å². The summed E-state index contributed by atoms with van der Waals surface area (Å²) in [4.78, 5) is 10.8. The molecule has 7 heteroatoms. The van der Waals surface area contributed by atoms with Gasteiger partial charge in [-0.05, 0) is 24.6 Å². The van der Waals surface area contributed by atoms with Crippen LogP contribution in [0.5, 0.6) is 0 Å². The first-order valence-electron chi connectivity index (χ1n) is 4.18. The van der Waals surface area contributed by atoms with Gasteiger partial charge in [0, 0.05) is 0 Å². The molecular formula is C9H10FNO4S. The summed E-state index contributed by atoms with van der Waals surface area (Å²) in [6, 6.07) is 1.90. The van der Waals surface area contributed by atoms with Crippen molar-refractivity contribution in [1.82, 2.24) is 0 Å². The van der Waals surface area contributed by atoms with Crippen molar-refractivity contribution in [2.45, 2.75) is 11.8 Å². The van der Waals surface area contributed by atoms with Crippen molar-refractivity contribution in [2.24, 2.45) is 5.14 Å². The molecule has 0 aliphatic heterocycles. The molecule has 1 rings (SSSR count). The van der Waals surface area contributed by atoms with E-state index in [1.165, 1.54) is 6.92 Å². The molecule has 1 aromatic carbocycles. The minimum atomic E-state index is -3.98. The van der Waals surface area contributed by atoms with Gasteiger partial charge >= 0.3 is 5.97 Å². The van der Waals surface area contributed by atoms with Crippen LogP contribution in [0.15, 0.2) is 17.0 Å². The average molecular weight is 247 g/mol. The summed E-state index contributed by atoms with van der Waals surface area (Å²) in [5, 5.41) is 4.88. The second-order valence-electron chi connectivity index (χ2n) is 3.14. The van der Waals surface area contributed by atoms with E-state index in [0.717, 1.165) is 19.2 Å². The number of sulfonamides is 1. The molecular weight excluding hydrogens is 237 g/mol. The first-order valence-corrected chi connectivity index (χ1v) is 5.73. The number of nitrogens with two attached hydrogens (primary N) is 1. The summed E-state index contributed by atoms with van der Waals surface area (Å²) in [7, 11) is -2.91. The van der Waals surface area contributed by atoms with E-state index in [4.69, 9.17) is 5.14 Å². The maximum absolute atomic E-state index is 13.5. The molecule has 0 fully saturated rings. The van der Waals surface area contributed by atoms with Crippen LogP contribution in [0, 0.1) is 12.7 Å². The third-order valence-corrected chi connectivity index (χ3v) is 2.85. The average Bonchev–Trinajstić information content (AvgIpc) is 2.19. The molecule has 0 aliphatic carbocycles. The molecule has 0 spiro atoms. The van der Waals surface area contributed by atoms with Crippen LogP contribution < -0.4 is 5.14 Å². The highest BCUT2D eigenvalue weighted by Crippen LogP contribution is 2.19. The van der Waals surface area contributed by atoms with Crippen molar-refractivity contribution in [2.75, 3.05) is 7.11 Å². The Balaban J connectivity index is 3.51. The van der Waals surface area contributed by atoms with Gasteiger partial charge in [-0.3, -0.25) is 0 Å². The summed E-state index contributed by atoms with van der Waals surface area (Å²) in [5.74, 6) is -1.77. The number of carbonyl (C=O) groups excluding carboxylic acids is 1. The van der Waals surface area contributed by atoms with E-state index in [2.05, 4.69) is 4.74 Å². The predicted octanol–water partition coefficient (Wildman–Crippen LogP) is 0.568. The molecule has 0 amide bonds. The van der Waals surface area contributed by atoms with Gasteiger partial charge in [-0.1, -0.05) is 0 Å². The Hall–Kier alpha value is -1.47. The number of methoxy groups -OCH3 is 1. The van der Waals surface area contributed by atoms with E-state index in [0.29, 0.717) is 0 Å². The molecule has 0 unspecified atom stereocenters. The Bertz CT molecular complexity index is 539. The second kappa shape index (κ2) is 4.18. The number of halogens is 1. The van der Waals surface area contributed by atoms with Crippen LogP contribution in [-0.2, 0) is 14.8 Å². The topological polar surface area (TPSA) is 86.5 Å². The summed E-state index contributed by atoms with van der Waals surface area (Å²) in [5.41, 5.74) is -0.446. The Morgan fingerprint density at radius 3 is 2.44 bits per heavy atom. The minimum absolute atomic E-state index is 0.00641. The van der Waals surface area contributed by atoms with E-state index in [1.807, 2.05) is 0 Å². The Kier molecular flexibility index (Phi) is 3.30. The normalized spacial score (nSPS) is 11.2. The fraction of sp³-hybridized carbons (Fsp3) is 0.222. The number of benzene rings is 1. The maximum Gasteiger partial charge on any atom is 0.340 e. The number of primary sulfonamides is 1. The standard InChI is InChI=1S/C9H10FNO4S/c1-5-3-6(16(11,13)14)4-7(8(5)10)9(12)15-2/h3-4H,1-2H3,(H2,11,13,14). The molecule has 1 aromatic rings. The molecule has 0 atom stereocenters. The van der Waals surface area contributed by atoms with Crippen LogP contribution in [0.1, 0.15) is 15.9 Å². The molecule has 0 bridgehead atoms. The molecule has 0 saturated heterocycles. The van der Waals surface area contributed by atoms with Crippen LogP contribution in [0.25, 0.3) is 0 Å². The van der Waals surface area contributed by atoms with Gasteiger partial charge in [0.1, 0.15) is 5.82 Å². The first-order chi connectivity index (χ1) is 7.27. The summed E-state index contributed by atoms with van der Waals surface area (Å²) in [6.07, 6.45) is 0. The Morgan fingerprint density at radius 2 is 2.00 bits per heavy atom. The van der Waals surface area contributed by atoms with Gasteiger partial charge in [-0.15, -0.1) is 0 Å². The molecule has 2 N–H and O–H groups in total. The Labute approximate surface area is 92.1 Å². The number of hydrogen-bond acceptors (Lipinski definition) is 4. The lowest BCUT2D eigenvalue weighted by Gasteiger charge is -2.06. The summed E-state index contributed by atoms with van der Waals surface area (Å²) >= 11 is 0. The number of carbonyl (C=O) groups is 1. The van der Waals surface area contributed by atoms with E-state index in [1.54, 1.807) is 0 Å². The highest BCUT2D eigenvalue weighted by atomic mass is 32.2. The van der Waals surface area contributed by atoms with Gasteiger partial charge in [-0.2, -0.15) is 0 Å². The summed E-state index contributed by atoms with van der Waals surface area (Å²) < 4.78 is 39.9. The number of aryl methyl sites for hydroxylation is 1. The van der Waals surface area contributed by atoms with Crippen LogP contribution >= 0.6 is 0 Å². The van der Waals surface area contributed by atoms with Crippen molar-refractivity contribution >= 4 is 16.0 Å². The van der Waals surface area contributed by atoms with E-state index in [-0.39, 0.29) is 10.5 Å². The van der Waals surface area contributed by atoms with Crippen LogP contribution in [0.3, 0.4) is 0 Å². The van der Waals surface area contributed by atoms with Crippen LogP contribution in [0.4, 0.5) is 4.39 Å². The maximum atomic E-state index is 13.5. The number of hydrogen-bond donors (Lipinski definition) is 1. The number of esters is 1. The molecule has 0 aliphatic rings. The quantitative estimate of drug-likeness (QED) is 0.774. The Morgan fingerprint density at radius 1 is 1.44 bits per heavy atom. The number of rotatable bonds is 2. The summed E-state index contributed by atoms with van der Waals surface area (Å²) in [6.45, 7) is 1.33. The SMILES string of the molecule is COC(=O)c1cc(S(N)(=O)=O)cc(C)c1F. The first kappa shape index (κ1) is 12.6. The number of ether oxygens (including phenoxy) is 1. The van der Waals surface area contributed by atoms with Crippen molar-refractivity contribution in [3.63, 3.8) is 0 Å². The van der Waals surface area contributed by atoms with Crippen molar-refractivity contribution in [1.29, 1.82) is 0 Å². The van der Waals surface area contributed by atoms with Crippen molar-refractivity contribution in [3.8, 4) is 0 Å². The lowest BCUT2D eigenvalue weighted by molar-refractivity contribution is 0.0595. The smallest absolute Gasteiger partial charge is 0.340 e. The van der Waals surface area contributed by atoms with Crippen molar-refractivity contribution < 1.29 is 22.3 Å². The monoisotopic (exact) mass is 247 g/mol. The van der Waals surface area contributed by atoms with E-state index >= 15 is 0 Å². The van der Waals surface area contributed by atoms with Gasteiger partial charge in [0.05, 0.1) is 17.6 Å². The third kappa shape index (κ3) is 2.37. The van der Waals surface area contributed by atoms with Gasteiger partial charge < -0.3 is 4.74 Å². The highest BCUT2D eigenvalue weighted by molar-refractivity contribution is 7.89. The molecule has 5 nitrogen and oxygen atoms in total. The predicted molar refractivity (Wildman–Crippen MR) is 53.8 cm³/mol. The lowest BCUT2D eigenvalue weighted by atomic mass is 10.1. The molecule has 0 saturated carbocycles. The largest absolute Gasteiger partial charge is 0.465 e. The third-order valence-electron chi connectivity index (χ3n) is 1.96. The molecule has 0 radical (unpaired) electrons. The lowest BCUT2D eigenvalue weighted by Crippen LogP contribution is -2.15. The fourth-order valence-corrected chi connectivity index (χ4v) is 1.78. The fourth-order valence-electron chi connectivity index (χ4n) is 1.16. The molecule has 0 heterocycles. The molecule has 0 aromatic heterocycles. The van der Waals surface area contributed by atoms with Crippen LogP contribution in [0.2, 0.25) is 0 Å². The van der Waals surface area contributed by atoms with E-state index in [9.17, 15) is 17.6 Å². The molecule has 88 valence electrons.